The molecule has 6 nitrogen and oxygen atoms in total. The number of halogens is 2. The molecule has 0 fully saturated rings. The number of aliphatic hydroxyl groups is 1. The first-order chi connectivity index (χ1) is 14.4. The fourth-order valence-corrected chi connectivity index (χ4v) is 4.77. The molecule has 8 heteroatoms. The Morgan fingerprint density at radius 1 is 1.27 bits per heavy atom. The fourth-order valence-electron chi connectivity index (χ4n) is 4.08. The lowest BCUT2D eigenvalue weighted by molar-refractivity contribution is -0.131. The molecule has 1 aliphatic heterocycles. The minimum Gasteiger partial charge on any atom is -0.392 e. The van der Waals surface area contributed by atoms with Gasteiger partial charge in [0.1, 0.15) is 0 Å². The molecular formula is C22H21Cl2N3O3. The Kier molecular flexibility index (Phi) is 5.73. The first-order valence-corrected chi connectivity index (χ1v) is 10.4. The highest BCUT2D eigenvalue weighted by Gasteiger charge is 2.29. The summed E-state index contributed by atoms with van der Waals surface area (Å²) in [6.07, 6.45) is 2.20. The summed E-state index contributed by atoms with van der Waals surface area (Å²) in [7, 11) is 0. The van der Waals surface area contributed by atoms with Crippen LogP contribution in [0, 0.1) is 0 Å². The lowest BCUT2D eigenvalue weighted by Gasteiger charge is -2.36. The van der Waals surface area contributed by atoms with Crippen molar-refractivity contribution in [2.24, 2.45) is 0 Å². The summed E-state index contributed by atoms with van der Waals surface area (Å²) in [5.74, 6) is -0.0486. The molecule has 0 saturated carbocycles. The largest absolute Gasteiger partial charge is 0.392 e. The van der Waals surface area contributed by atoms with E-state index in [2.05, 4.69) is 10.3 Å². The Labute approximate surface area is 183 Å². The molecule has 4 rings (SSSR count). The molecule has 156 valence electrons. The third-order valence-electron chi connectivity index (χ3n) is 5.61. The van der Waals surface area contributed by atoms with E-state index in [1.807, 2.05) is 13.0 Å². The molecule has 1 aliphatic rings. The number of pyridine rings is 1. The molecule has 1 aromatic heterocycles. The van der Waals surface area contributed by atoms with E-state index in [0.29, 0.717) is 45.0 Å². The highest BCUT2D eigenvalue weighted by atomic mass is 35.5. The van der Waals surface area contributed by atoms with Crippen LogP contribution in [0.1, 0.15) is 29.7 Å². The van der Waals surface area contributed by atoms with Gasteiger partial charge in [0.15, 0.2) is 0 Å². The average molecular weight is 446 g/mol. The van der Waals surface area contributed by atoms with Crippen LogP contribution in [0.2, 0.25) is 10.0 Å². The quantitative estimate of drug-likeness (QED) is 0.568. The molecule has 30 heavy (non-hydrogen) atoms. The lowest BCUT2D eigenvalue weighted by Crippen LogP contribution is -2.41. The zero-order valence-corrected chi connectivity index (χ0v) is 17.8. The number of benzene rings is 2. The molecule has 3 N–H and O–H groups in total. The van der Waals surface area contributed by atoms with Gasteiger partial charge in [-0.2, -0.15) is 0 Å². The van der Waals surface area contributed by atoms with Crippen LogP contribution in [0.15, 0.2) is 41.3 Å². The molecule has 0 aliphatic carbocycles. The molecule has 0 saturated heterocycles. The predicted octanol–water partition coefficient (Wildman–Crippen LogP) is 3.89. The summed E-state index contributed by atoms with van der Waals surface area (Å²) < 4.78 is 0. The number of aromatic nitrogens is 1. The van der Waals surface area contributed by atoms with Gasteiger partial charge >= 0.3 is 0 Å². The number of carbonyl (C=O) groups excluding carboxylic acids is 1. The average Bonchev–Trinajstić information content (AvgIpc) is 2.72. The van der Waals surface area contributed by atoms with Crippen molar-refractivity contribution in [1.82, 2.24) is 9.88 Å². The van der Waals surface area contributed by atoms with E-state index in [1.54, 1.807) is 29.2 Å². The van der Waals surface area contributed by atoms with E-state index in [9.17, 15) is 14.7 Å². The van der Waals surface area contributed by atoms with Gasteiger partial charge in [0.25, 0.3) is 5.56 Å². The third kappa shape index (κ3) is 3.78. The van der Waals surface area contributed by atoms with Crippen molar-refractivity contribution in [3.63, 3.8) is 0 Å². The second kappa shape index (κ2) is 8.30. The van der Waals surface area contributed by atoms with Crippen LogP contribution in [0.3, 0.4) is 0 Å². The number of rotatable bonds is 4. The number of carbonyl (C=O) groups is 1. The zero-order valence-electron chi connectivity index (χ0n) is 16.3. The molecule has 2 heterocycles. The maximum Gasteiger partial charge on any atom is 0.255 e. The van der Waals surface area contributed by atoms with Crippen LogP contribution >= 0.6 is 23.2 Å². The summed E-state index contributed by atoms with van der Waals surface area (Å²) in [4.78, 5) is 29.3. The number of hydrogen-bond donors (Lipinski definition) is 3. The van der Waals surface area contributed by atoms with Gasteiger partial charge in [0.2, 0.25) is 5.91 Å². The minimum atomic E-state index is -0.220. The second-order valence-corrected chi connectivity index (χ2v) is 8.23. The van der Waals surface area contributed by atoms with Gasteiger partial charge in [-0.15, -0.1) is 0 Å². The number of nitrogens with one attached hydrogen (secondary N) is 2. The molecule has 0 radical (unpaired) electrons. The van der Waals surface area contributed by atoms with Gasteiger partial charge < -0.3 is 20.3 Å². The number of nitrogens with zero attached hydrogens (tertiary/aromatic N) is 1. The number of aromatic amines is 1. The lowest BCUT2D eigenvalue weighted by atomic mass is 9.93. The van der Waals surface area contributed by atoms with Crippen LogP contribution < -0.4 is 10.9 Å². The van der Waals surface area contributed by atoms with Gasteiger partial charge in [-0.05, 0) is 60.2 Å². The number of hydrogen-bond acceptors (Lipinski definition) is 4. The summed E-state index contributed by atoms with van der Waals surface area (Å²) in [6, 6.07) is 8.68. The van der Waals surface area contributed by atoms with Crippen LogP contribution in [0.25, 0.3) is 10.8 Å². The van der Waals surface area contributed by atoms with Gasteiger partial charge in [0.05, 0.1) is 19.2 Å². The van der Waals surface area contributed by atoms with Gasteiger partial charge in [-0.25, -0.2) is 0 Å². The summed E-state index contributed by atoms with van der Waals surface area (Å²) in [5.41, 5.74) is 3.12. The van der Waals surface area contributed by atoms with Crippen molar-refractivity contribution in [1.29, 1.82) is 0 Å². The number of H-pyrrole nitrogens is 1. The fraction of sp³-hybridized carbons (Fsp3) is 0.273. The summed E-state index contributed by atoms with van der Waals surface area (Å²) >= 11 is 12.5. The number of fused-ring (bicyclic) bond motifs is 2. The van der Waals surface area contributed by atoms with Crippen molar-refractivity contribution < 1.29 is 9.90 Å². The standard InChI is InChI=1S/C22H21Cl2N3O3/c1-12-21-13(6-15(23)7-19(21)24)4-5-27(12)20(29)10-25-16-2-3-17-18(8-16)14(11-28)9-26-22(17)30/h2-3,6-9,12,25,28H,4-5,10-11H2,1H3,(H,26,30). The van der Waals surface area contributed by atoms with E-state index < -0.39 is 0 Å². The van der Waals surface area contributed by atoms with Gasteiger partial charge in [0, 0.05) is 39.4 Å². The van der Waals surface area contributed by atoms with Crippen molar-refractivity contribution in [2.75, 3.05) is 18.4 Å². The van der Waals surface area contributed by atoms with Crippen molar-refractivity contribution in [3.05, 3.63) is 73.6 Å². The van der Waals surface area contributed by atoms with Crippen LogP contribution in [0.5, 0.6) is 0 Å². The first-order valence-electron chi connectivity index (χ1n) is 9.65. The molecule has 2 aromatic carbocycles. The van der Waals surface area contributed by atoms with Crippen molar-refractivity contribution in [3.8, 4) is 0 Å². The number of anilines is 1. The second-order valence-electron chi connectivity index (χ2n) is 7.39. The molecule has 1 atom stereocenters. The Hall–Kier alpha value is -2.54. The van der Waals surface area contributed by atoms with Gasteiger partial charge in [-0.1, -0.05) is 23.2 Å². The van der Waals surface area contributed by atoms with Crippen molar-refractivity contribution >= 4 is 45.6 Å². The minimum absolute atomic E-state index is 0.0486. The summed E-state index contributed by atoms with van der Waals surface area (Å²) in [6.45, 7) is 2.47. The zero-order chi connectivity index (χ0) is 21.4. The SMILES string of the molecule is CC1c2c(Cl)cc(Cl)cc2CCN1C(=O)CNc1ccc2c(=O)[nH]cc(CO)c2c1. The number of aliphatic hydroxyl groups excluding tert-OH is 1. The van der Waals surface area contributed by atoms with E-state index in [0.717, 1.165) is 11.1 Å². The Balaban J connectivity index is 1.52. The molecule has 3 aromatic rings. The van der Waals surface area contributed by atoms with Crippen molar-refractivity contribution in [2.45, 2.75) is 26.0 Å². The third-order valence-corrected chi connectivity index (χ3v) is 6.14. The van der Waals surface area contributed by atoms with Crippen LogP contribution in [-0.4, -0.2) is 34.0 Å². The predicted molar refractivity (Wildman–Crippen MR) is 119 cm³/mol. The first kappa shape index (κ1) is 20.7. The van der Waals surface area contributed by atoms with E-state index in [4.69, 9.17) is 23.2 Å². The van der Waals surface area contributed by atoms with E-state index in [-0.39, 0.29) is 30.7 Å². The smallest absolute Gasteiger partial charge is 0.255 e. The highest BCUT2D eigenvalue weighted by Crippen LogP contribution is 2.36. The molecule has 1 amide bonds. The van der Waals surface area contributed by atoms with E-state index in [1.165, 1.54) is 6.20 Å². The molecule has 1 unspecified atom stereocenters. The Morgan fingerprint density at radius 3 is 2.83 bits per heavy atom. The Morgan fingerprint density at radius 2 is 2.07 bits per heavy atom. The Bertz CT molecular complexity index is 1190. The molecular weight excluding hydrogens is 425 g/mol. The molecule has 0 spiro atoms. The van der Waals surface area contributed by atoms with Crippen LogP contribution in [0.4, 0.5) is 5.69 Å². The maximum atomic E-state index is 12.9. The van der Waals surface area contributed by atoms with E-state index >= 15 is 0 Å². The normalized spacial score (nSPS) is 15.9. The highest BCUT2D eigenvalue weighted by molar-refractivity contribution is 6.35. The summed E-state index contributed by atoms with van der Waals surface area (Å²) in [5, 5.41) is 15.0. The maximum absolute atomic E-state index is 12.9. The molecule has 0 bridgehead atoms. The van der Waals surface area contributed by atoms with Crippen LogP contribution in [-0.2, 0) is 17.8 Å². The monoisotopic (exact) mass is 445 g/mol. The van der Waals surface area contributed by atoms with Gasteiger partial charge in [-0.3, -0.25) is 9.59 Å². The number of amides is 1. The topological polar surface area (TPSA) is 85.4 Å².